The van der Waals surface area contributed by atoms with Crippen LogP contribution in [0, 0.1) is 17.6 Å². The van der Waals surface area contributed by atoms with Crippen LogP contribution in [0.25, 0.3) is 0 Å². The minimum absolute atomic E-state index is 0.0285. The average molecular weight is 414 g/mol. The number of rotatable bonds is 1. The van der Waals surface area contributed by atoms with E-state index in [4.69, 9.17) is 9.47 Å². The summed E-state index contributed by atoms with van der Waals surface area (Å²) in [5, 5.41) is 29.0. The van der Waals surface area contributed by atoms with Crippen molar-refractivity contribution in [2.75, 3.05) is 0 Å². The van der Waals surface area contributed by atoms with Crippen LogP contribution in [0.15, 0.2) is 47.6 Å². The van der Waals surface area contributed by atoms with Crippen LogP contribution in [0.2, 0.25) is 0 Å². The summed E-state index contributed by atoms with van der Waals surface area (Å²) in [6.07, 6.45) is 2.64. The van der Waals surface area contributed by atoms with Crippen molar-refractivity contribution in [1.82, 2.24) is 0 Å². The van der Waals surface area contributed by atoms with Gasteiger partial charge >= 0.3 is 11.9 Å². The Morgan fingerprint density at radius 1 is 1.03 bits per heavy atom. The molecule has 0 aromatic heterocycles. The number of hydrogen-bond donors (Lipinski definition) is 3. The lowest BCUT2D eigenvalue weighted by Crippen LogP contribution is -2.34. The standard InChI is InChI=1S/C21H12F2O7/c22-13-4-11-17(6-15(13)24)29-18-7-16(25)14(23)5-12(18)21(11)10-3-8(19(26)27)1-2-9(10)20(28)30-21/h1,3-7,9,24-25H,2H2,(H,26,27). The molecule has 3 N–H and O–H groups in total. The maximum Gasteiger partial charge on any atom is 0.335 e. The maximum atomic E-state index is 14.3. The summed E-state index contributed by atoms with van der Waals surface area (Å²) < 4.78 is 39.9. The van der Waals surface area contributed by atoms with Crippen molar-refractivity contribution in [3.63, 3.8) is 0 Å². The highest BCUT2D eigenvalue weighted by molar-refractivity contribution is 5.93. The number of hydrogen-bond acceptors (Lipinski definition) is 6. The zero-order valence-electron chi connectivity index (χ0n) is 15.0. The number of esters is 1. The number of phenols is 2. The van der Waals surface area contributed by atoms with Crippen molar-refractivity contribution >= 4 is 11.9 Å². The molecule has 1 fully saturated rings. The van der Waals surface area contributed by atoms with Gasteiger partial charge in [-0.3, -0.25) is 4.79 Å². The molecule has 3 aliphatic rings. The van der Waals surface area contributed by atoms with Crippen LogP contribution >= 0.6 is 0 Å². The summed E-state index contributed by atoms with van der Waals surface area (Å²) in [6, 6.07) is 3.73. The Bertz CT molecular complexity index is 1170. The topological polar surface area (TPSA) is 113 Å². The third-order valence-corrected chi connectivity index (χ3v) is 5.53. The summed E-state index contributed by atoms with van der Waals surface area (Å²) in [5.74, 6) is -6.54. The second kappa shape index (κ2) is 5.82. The van der Waals surface area contributed by atoms with Gasteiger partial charge in [-0.15, -0.1) is 0 Å². The van der Waals surface area contributed by atoms with E-state index in [1.807, 2.05) is 0 Å². The van der Waals surface area contributed by atoms with Gasteiger partial charge in [0.15, 0.2) is 28.7 Å². The van der Waals surface area contributed by atoms with Gasteiger partial charge in [-0.25, -0.2) is 13.6 Å². The SMILES string of the molecule is O=C(O)C1=CCC2C(=O)OC3(C2=C1)c1cc(F)c(O)cc1Oc1cc(O)c(F)cc13. The summed E-state index contributed by atoms with van der Waals surface area (Å²) in [6.45, 7) is 0. The van der Waals surface area contributed by atoms with Gasteiger partial charge in [-0.1, -0.05) is 6.08 Å². The van der Waals surface area contributed by atoms with E-state index in [-0.39, 0.29) is 40.2 Å². The minimum atomic E-state index is -1.89. The number of fused-ring (bicyclic) bond motifs is 6. The van der Waals surface area contributed by atoms with E-state index in [2.05, 4.69) is 0 Å². The first kappa shape index (κ1) is 18.2. The monoisotopic (exact) mass is 414 g/mol. The van der Waals surface area contributed by atoms with E-state index in [0.29, 0.717) is 0 Å². The molecule has 2 aliphatic heterocycles. The van der Waals surface area contributed by atoms with E-state index in [1.54, 1.807) is 0 Å². The third kappa shape index (κ3) is 2.23. The van der Waals surface area contributed by atoms with Crippen molar-refractivity contribution in [1.29, 1.82) is 0 Å². The molecule has 2 heterocycles. The molecule has 1 saturated heterocycles. The molecule has 0 amide bonds. The molecule has 0 saturated carbocycles. The Hall–Kier alpha value is -3.88. The molecule has 2 aromatic carbocycles. The molecule has 7 nitrogen and oxygen atoms in total. The van der Waals surface area contributed by atoms with Gasteiger partial charge in [0.25, 0.3) is 0 Å². The number of aromatic hydroxyl groups is 2. The van der Waals surface area contributed by atoms with Crippen LogP contribution in [0.4, 0.5) is 8.78 Å². The van der Waals surface area contributed by atoms with E-state index in [0.717, 1.165) is 24.3 Å². The largest absolute Gasteiger partial charge is 0.505 e. The molecule has 2 aromatic rings. The Morgan fingerprint density at radius 3 is 2.13 bits per heavy atom. The number of phenolic OH excluding ortho intramolecular Hbond substituents is 2. The van der Waals surface area contributed by atoms with Crippen LogP contribution in [0.1, 0.15) is 17.5 Å². The summed E-state index contributed by atoms with van der Waals surface area (Å²) in [5.41, 5.74) is -1.89. The molecule has 152 valence electrons. The highest BCUT2D eigenvalue weighted by Gasteiger charge is 2.58. The fourth-order valence-corrected chi connectivity index (χ4v) is 4.19. The smallest absolute Gasteiger partial charge is 0.335 e. The molecular weight excluding hydrogens is 402 g/mol. The molecular formula is C21H12F2O7. The zero-order chi connectivity index (χ0) is 21.4. The van der Waals surface area contributed by atoms with Gasteiger partial charge in [0.2, 0.25) is 0 Å². The fourth-order valence-electron chi connectivity index (χ4n) is 4.19. The summed E-state index contributed by atoms with van der Waals surface area (Å²) >= 11 is 0. The lowest BCUT2D eigenvalue weighted by Gasteiger charge is -2.37. The van der Waals surface area contributed by atoms with Crippen molar-refractivity contribution in [3.05, 3.63) is 70.3 Å². The number of carboxylic acid groups (broad SMARTS) is 1. The molecule has 5 rings (SSSR count). The number of allylic oxidation sites excluding steroid dienone is 1. The van der Waals surface area contributed by atoms with E-state index >= 15 is 0 Å². The Morgan fingerprint density at radius 2 is 1.60 bits per heavy atom. The Balaban J connectivity index is 1.88. The lowest BCUT2D eigenvalue weighted by atomic mass is 9.72. The lowest BCUT2D eigenvalue weighted by molar-refractivity contribution is -0.148. The average Bonchev–Trinajstić information content (AvgIpc) is 2.98. The first-order valence-electron chi connectivity index (χ1n) is 8.84. The second-order valence-electron chi connectivity index (χ2n) is 7.16. The van der Waals surface area contributed by atoms with E-state index in [9.17, 15) is 33.7 Å². The number of benzene rings is 2. The predicted octanol–water partition coefficient (Wildman–Crippen LogP) is 3.24. The Labute approximate surface area is 167 Å². The molecule has 9 heteroatoms. The number of carbonyl (C=O) groups is 2. The Kier molecular flexibility index (Phi) is 3.52. The second-order valence-corrected chi connectivity index (χ2v) is 7.16. The van der Waals surface area contributed by atoms with Gasteiger partial charge in [-0.2, -0.15) is 0 Å². The van der Waals surface area contributed by atoms with Crippen molar-refractivity contribution in [2.24, 2.45) is 5.92 Å². The van der Waals surface area contributed by atoms with Crippen LogP contribution in [-0.2, 0) is 19.9 Å². The van der Waals surface area contributed by atoms with Crippen LogP contribution < -0.4 is 4.74 Å². The normalized spacial score (nSPS) is 20.3. The molecule has 0 bridgehead atoms. The first-order valence-corrected chi connectivity index (χ1v) is 8.84. The molecule has 1 aliphatic carbocycles. The highest BCUT2D eigenvalue weighted by Crippen LogP contribution is 2.60. The molecule has 1 unspecified atom stereocenters. The van der Waals surface area contributed by atoms with E-state index in [1.165, 1.54) is 12.2 Å². The quantitative estimate of drug-likeness (QED) is 0.614. The van der Waals surface area contributed by atoms with Gasteiger partial charge < -0.3 is 24.8 Å². The number of ether oxygens (including phenoxy) is 2. The van der Waals surface area contributed by atoms with Gasteiger partial charge in [0.05, 0.1) is 22.6 Å². The van der Waals surface area contributed by atoms with Gasteiger partial charge in [-0.05, 0) is 30.2 Å². The van der Waals surface area contributed by atoms with Gasteiger partial charge in [0.1, 0.15) is 11.5 Å². The van der Waals surface area contributed by atoms with Crippen LogP contribution in [0.5, 0.6) is 23.0 Å². The maximum absolute atomic E-state index is 14.3. The van der Waals surface area contributed by atoms with E-state index < -0.39 is 46.6 Å². The number of carbonyl (C=O) groups excluding carboxylic acids is 1. The van der Waals surface area contributed by atoms with Crippen molar-refractivity contribution in [3.8, 4) is 23.0 Å². The van der Waals surface area contributed by atoms with Crippen LogP contribution in [-0.4, -0.2) is 27.3 Å². The molecule has 0 radical (unpaired) electrons. The predicted molar refractivity (Wildman–Crippen MR) is 95.0 cm³/mol. The molecule has 30 heavy (non-hydrogen) atoms. The molecule has 1 atom stereocenters. The van der Waals surface area contributed by atoms with Crippen LogP contribution in [0.3, 0.4) is 0 Å². The third-order valence-electron chi connectivity index (χ3n) is 5.53. The minimum Gasteiger partial charge on any atom is -0.505 e. The van der Waals surface area contributed by atoms with Crippen molar-refractivity contribution < 1.29 is 43.2 Å². The first-order chi connectivity index (χ1) is 14.2. The van der Waals surface area contributed by atoms with Gasteiger partial charge in [0, 0.05) is 12.1 Å². The molecule has 1 spiro atoms. The van der Waals surface area contributed by atoms with Crippen molar-refractivity contribution in [2.45, 2.75) is 12.0 Å². The fraction of sp³-hybridized carbons (Fsp3) is 0.143. The zero-order valence-corrected chi connectivity index (χ0v) is 15.0. The number of halogens is 2. The number of aliphatic carboxylic acids is 1. The summed E-state index contributed by atoms with van der Waals surface area (Å²) in [7, 11) is 0. The highest BCUT2D eigenvalue weighted by atomic mass is 19.1. The summed E-state index contributed by atoms with van der Waals surface area (Å²) in [4.78, 5) is 24.2. The number of carboxylic acids is 1.